The average molecular weight is 683 g/mol. The van der Waals surface area contributed by atoms with Crippen LogP contribution in [0.1, 0.15) is 96.0 Å². The second kappa shape index (κ2) is 15.8. The zero-order valence-electron chi connectivity index (χ0n) is 27.5. The van der Waals surface area contributed by atoms with Crippen LogP contribution in [0.2, 0.25) is 5.02 Å². The van der Waals surface area contributed by atoms with Gasteiger partial charge < -0.3 is 25.8 Å². The molecule has 3 aliphatic heterocycles. The summed E-state index contributed by atoms with van der Waals surface area (Å²) in [5.74, 6) is -0.0757. The van der Waals surface area contributed by atoms with E-state index in [-0.39, 0.29) is 41.8 Å². The van der Waals surface area contributed by atoms with E-state index in [1.54, 1.807) is 0 Å². The molecule has 5 rings (SSSR count). The number of hydrogen-bond donors (Lipinski definition) is 6. The molecule has 3 heterocycles. The Balaban J connectivity index is 1.31. The lowest BCUT2D eigenvalue weighted by molar-refractivity contribution is -0.137. The van der Waals surface area contributed by atoms with Crippen molar-refractivity contribution in [1.82, 2.24) is 20.3 Å². The lowest BCUT2D eigenvalue weighted by atomic mass is 9.73. The van der Waals surface area contributed by atoms with Gasteiger partial charge in [-0.15, -0.1) is 10.8 Å². The van der Waals surface area contributed by atoms with E-state index in [0.29, 0.717) is 48.9 Å². The number of amides is 1. The van der Waals surface area contributed by atoms with Gasteiger partial charge in [-0.05, 0) is 108 Å². The number of nitrogens with one attached hydrogen (secondary N) is 3. The number of benzene rings is 1. The Morgan fingerprint density at radius 2 is 1.91 bits per heavy atom. The first-order valence-corrected chi connectivity index (χ1v) is 19.4. The number of fused-ring (bicyclic) bond motifs is 2. The number of piperazine rings is 1. The number of hydrogen-bond acceptors (Lipinski definition) is 8. The minimum atomic E-state index is -2.74. The maximum atomic E-state index is 14.4. The summed E-state index contributed by atoms with van der Waals surface area (Å²) in [7, 11) is -2.74. The molecule has 1 aromatic carbocycles. The highest BCUT2D eigenvalue weighted by Gasteiger charge is 2.42. The summed E-state index contributed by atoms with van der Waals surface area (Å²) in [4.78, 5) is 25.7. The van der Waals surface area contributed by atoms with Crippen LogP contribution in [0.15, 0.2) is 24.3 Å². The normalized spacial score (nSPS) is 32.5. The third kappa shape index (κ3) is 9.37. The van der Waals surface area contributed by atoms with Gasteiger partial charge in [0.25, 0.3) is 0 Å². The average Bonchev–Trinajstić information content (AvgIpc) is 3.39. The molecule has 0 spiro atoms. The van der Waals surface area contributed by atoms with E-state index in [4.69, 9.17) is 16.3 Å². The molecule has 2 unspecified atom stereocenters. The van der Waals surface area contributed by atoms with Crippen LogP contribution in [-0.2, 0) is 14.3 Å². The van der Waals surface area contributed by atoms with Gasteiger partial charge in [0.05, 0.1) is 17.4 Å². The number of carbonyl (C=O) groups excluding carboxylic acids is 1. The predicted octanol–water partition coefficient (Wildman–Crippen LogP) is 5.62. The van der Waals surface area contributed by atoms with Gasteiger partial charge >= 0.3 is 5.97 Å². The van der Waals surface area contributed by atoms with Crippen molar-refractivity contribution in [3.8, 4) is 0 Å². The van der Waals surface area contributed by atoms with Crippen molar-refractivity contribution in [3.05, 3.63) is 34.9 Å². The SMILES string of the molecule is CC1(C)CC([C@H](c2ccc(Cl)cc2)[C@H](NCCCC(=O)O)C(=O)N[C@H]2CCC[C@@H]2CC[C@H]2CN[C@@H]3CCCS(O)(O)N2C3)CCO1. The molecule has 4 aliphatic rings. The summed E-state index contributed by atoms with van der Waals surface area (Å²) in [5.41, 5.74) is 0.735. The van der Waals surface area contributed by atoms with Crippen molar-refractivity contribution < 1.29 is 28.5 Å². The molecule has 4 fully saturated rings. The molecule has 12 heteroatoms. The van der Waals surface area contributed by atoms with Gasteiger partial charge in [0.2, 0.25) is 5.91 Å². The van der Waals surface area contributed by atoms with E-state index in [0.717, 1.165) is 69.9 Å². The molecule has 46 heavy (non-hydrogen) atoms. The zero-order valence-corrected chi connectivity index (χ0v) is 29.0. The molecule has 2 bridgehead atoms. The molecule has 1 aromatic rings. The molecule has 0 radical (unpaired) electrons. The van der Waals surface area contributed by atoms with Crippen LogP contribution >= 0.6 is 22.4 Å². The minimum Gasteiger partial charge on any atom is -0.481 e. The van der Waals surface area contributed by atoms with E-state index >= 15 is 0 Å². The lowest BCUT2D eigenvalue weighted by Gasteiger charge is -2.49. The maximum Gasteiger partial charge on any atom is 0.303 e. The van der Waals surface area contributed by atoms with Crippen LogP contribution in [0.25, 0.3) is 0 Å². The number of carboxylic acid groups (broad SMARTS) is 1. The Hall–Kier alpha value is -1.44. The van der Waals surface area contributed by atoms with Crippen LogP contribution in [0.5, 0.6) is 0 Å². The molecule has 1 amide bonds. The molecule has 1 aliphatic carbocycles. The molecular formula is C34H55ClN4O6S. The van der Waals surface area contributed by atoms with Gasteiger partial charge in [-0.25, -0.2) is 4.31 Å². The number of aliphatic carboxylic acids is 1. The van der Waals surface area contributed by atoms with Crippen molar-refractivity contribution in [2.24, 2.45) is 11.8 Å². The van der Waals surface area contributed by atoms with Crippen LogP contribution in [0, 0.1) is 11.8 Å². The Morgan fingerprint density at radius 1 is 1.13 bits per heavy atom. The molecule has 8 atom stereocenters. The summed E-state index contributed by atoms with van der Waals surface area (Å²) in [5, 5.41) is 20.5. The van der Waals surface area contributed by atoms with Crippen molar-refractivity contribution >= 4 is 34.3 Å². The van der Waals surface area contributed by atoms with Crippen LogP contribution in [0.3, 0.4) is 0 Å². The molecule has 3 saturated heterocycles. The summed E-state index contributed by atoms with van der Waals surface area (Å²) in [6, 6.07) is 7.68. The zero-order chi connectivity index (χ0) is 32.9. The molecule has 0 aromatic heterocycles. The molecule has 6 N–H and O–H groups in total. The summed E-state index contributed by atoms with van der Waals surface area (Å²) in [6.07, 6.45) is 8.69. The quantitative estimate of drug-likeness (QED) is 0.146. The monoisotopic (exact) mass is 682 g/mol. The van der Waals surface area contributed by atoms with Crippen LogP contribution in [-0.4, -0.2) is 92.2 Å². The third-order valence-electron chi connectivity index (χ3n) is 10.7. The Morgan fingerprint density at radius 3 is 2.65 bits per heavy atom. The third-order valence-corrected chi connectivity index (χ3v) is 13.0. The highest BCUT2D eigenvalue weighted by Crippen LogP contribution is 2.49. The number of rotatable bonds is 13. The fraction of sp³-hybridized carbons (Fsp3) is 0.765. The Bertz CT molecular complexity index is 1170. The van der Waals surface area contributed by atoms with E-state index in [2.05, 4.69) is 29.8 Å². The van der Waals surface area contributed by atoms with E-state index < -0.39 is 22.8 Å². The number of carboxylic acids is 1. The summed E-state index contributed by atoms with van der Waals surface area (Å²) < 4.78 is 29.9. The number of halogens is 1. The van der Waals surface area contributed by atoms with Gasteiger partial charge in [-0.2, -0.15) is 0 Å². The number of carbonyl (C=O) groups is 2. The first-order chi connectivity index (χ1) is 21.9. The first-order valence-electron chi connectivity index (χ1n) is 17.3. The van der Waals surface area contributed by atoms with Crippen LogP contribution in [0.4, 0.5) is 0 Å². The second-order valence-corrected chi connectivity index (χ2v) is 17.2. The van der Waals surface area contributed by atoms with Gasteiger partial charge in [0.1, 0.15) is 0 Å². The topological polar surface area (TPSA) is 143 Å². The fourth-order valence-corrected chi connectivity index (χ4v) is 10.4. The van der Waals surface area contributed by atoms with E-state index in [1.165, 1.54) is 0 Å². The van der Waals surface area contributed by atoms with Gasteiger partial charge in [0, 0.05) is 55.2 Å². The summed E-state index contributed by atoms with van der Waals surface area (Å²) >= 11 is 6.29. The molecule has 260 valence electrons. The lowest BCUT2D eigenvalue weighted by Crippen LogP contribution is -2.56. The standard InChI is InChI=1S/C34H55ClN4O6S/c1-34(2)20-25(16-18-45-34)31(24-10-13-26(35)14-11-24)32(36-17-4-9-30(40)41)33(42)38-29-8-3-6-23(29)12-15-28-21-37-27-7-5-19-46(43,44)39(28)22-27/h10-11,13-14,23,25,27-29,31-32,36-37,43-44H,3-9,12,15-22H2,1-2H3,(H,38,42)(H,40,41)/t23-,25?,27-,28+,29+,31+,32+/m1/s1. The Kier molecular flexibility index (Phi) is 12.4. The largest absolute Gasteiger partial charge is 0.481 e. The van der Waals surface area contributed by atoms with Crippen molar-refractivity contribution in [3.63, 3.8) is 0 Å². The smallest absolute Gasteiger partial charge is 0.303 e. The molecule has 10 nitrogen and oxygen atoms in total. The van der Waals surface area contributed by atoms with Gasteiger partial charge in [-0.3, -0.25) is 18.7 Å². The van der Waals surface area contributed by atoms with Gasteiger partial charge in [0.15, 0.2) is 0 Å². The van der Waals surface area contributed by atoms with Crippen LogP contribution < -0.4 is 16.0 Å². The number of ether oxygens (including phenoxy) is 1. The number of nitrogens with zero attached hydrogens (tertiary/aromatic N) is 1. The van der Waals surface area contributed by atoms with E-state index in [9.17, 15) is 23.8 Å². The minimum absolute atomic E-state index is 0.0413. The predicted molar refractivity (Wildman–Crippen MR) is 183 cm³/mol. The van der Waals surface area contributed by atoms with Crippen molar-refractivity contribution in [2.45, 2.75) is 120 Å². The van der Waals surface area contributed by atoms with Gasteiger partial charge in [-0.1, -0.05) is 30.2 Å². The van der Waals surface area contributed by atoms with E-state index in [1.807, 2.05) is 28.6 Å². The first kappa shape index (κ1) is 35.9. The fourth-order valence-electron chi connectivity index (χ4n) is 8.41. The highest BCUT2D eigenvalue weighted by molar-refractivity contribution is 8.22. The Labute approximate surface area is 281 Å². The van der Waals surface area contributed by atoms with Crippen molar-refractivity contribution in [1.29, 1.82) is 0 Å². The maximum absolute atomic E-state index is 14.4. The molecule has 1 saturated carbocycles. The highest BCUT2D eigenvalue weighted by atomic mass is 35.5. The molecular weight excluding hydrogens is 628 g/mol. The summed E-state index contributed by atoms with van der Waals surface area (Å²) in [6.45, 7) is 6.69. The van der Waals surface area contributed by atoms with Crippen molar-refractivity contribution in [2.75, 3.05) is 32.0 Å². The second-order valence-electron chi connectivity index (χ2n) is 14.6.